The van der Waals surface area contributed by atoms with Crippen molar-refractivity contribution in [2.75, 3.05) is 13.7 Å². The maximum Gasteiger partial charge on any atom is 0.287 e. The van der Waals surface area contributed by atoms with E-state index in [2.05, 4.69) is 11.4 Å². The summed E-state index contributed by atoms with van der Waals surface area (Å²) >= 11 is 0. The number of nitrogens with zero attached hydrogens (tertiary/aromatic N) is 1. The molecule has 0 spiro atoms. The van der Waals surface area contributed by atoms with E-state index in [0.29, 0.717) is 35.3 Å². The minimum atomic E-state index is -2.90. The molecule has 2 N–H and O–H groups in total. The van der Waals surface area contributed by atoms with Crippen LogP contribution in [0.15, 0.2) is 46.9 Å². The van der Waals surface area contributed by atoms with Gasteiger partial charge in [-0.2, -0.15) is 5.26 Å². The average Bonchev–Trinajstić information content (AvgIpc) is 3.59. The Balaban J connectivity index is 1.37. The van der Waals surface area contributed by atoms with Crippen LogP contribution in [0, 0.1) is 16.7 Å². The topological polar surface area (TPSA) is 122 Å². The molecule has 1 aromatic heterocycles. The average molecular weight is 581 g/mol. The van der Waals surface area contributed by atoms with E-state index in [1.165, 1.54) is 7.11 Å². The summed E-state index contributed by atoms with van der Waals surface area (Å²) < 4.78 is 45.1. The van der Waals surface area contributed by atoms with Crippen LogP contribution in [0.25, 0.3) is 22.1 Å². The highest BCUT2D eigenvalue weighted by Gasteiger charge is 2.53. The number of hydrogen-bond acceptors (Lipinski definition) is 7. The molecule has 2 aromatic carbocycles. The molecule has 0 aliphatic heterocycles. The molecule has 0 atom stereocenters. The number of ether oxygens (including phenoxy) is 2. The van der Waals surface area contributed by atoms with Gasteiger partial charge in [0.2, 0.25) is 5.92 Å². The molecule has 0 bridgehead atoms. The van der Waals surface area contributed by atoms with Crippen molar-refractivity contribution in [3.05, 3.63) is 48.2 Å². The van der Waals surface area contributed by atoms with Crippen LogP contribution >= 0.6 is 0 Å². The van der Waals surface area contributed by atoms with E-state index in [4.69, 9.17) is 13.9 Å². The maximum absolute atomic E-state index is 14.0. The molecule has 10 heteroatoms. The molecule has 8 nitrogen and oxygen atoms in total. The SMILES string of the molecule is COc1cc(-c2ccc3cc(C(=O)NC4(C(=O)CC5(C#N)CC5)CCC(F)(F)CC4)oc3c2)ccc1OCC(C)(C)O. The van der Waals surface area contributed by atoms with Crippen molar-refractivity contribution in [2.24, 2.45) is 5.41 Å². The molecule has 1 heterocycles. The van der Waals surface area contributed by atoms with Crippen molar-refractivity contribution in [2.45, 2.75) is 75.9 Å². The predicted molar refractivity (Wildman–Crippen MR) is 151 cm³/mol. The second-order valence-electron chi connectivity index (χ2n) is 12.2. The predicted octanol–water partition coefficient (Wildman–Crippen LogP) is 6.20. The van der Waals surface area contributed by atoms with Crippen LogP contribution in [0.3, 0.4) is 0 Å². The highest BCUT2D eigenvalue weighted by molar-refractivity contribution is 6.01. The first-order valence-corrected chi connectivity index (χ1v) is 14.0. The van der Waals surface area contributed by atoms with Gasteiger partial charge in [0, 0.05) is 24.6 Å². The van der Waals surface area contributed by atoms with Crippen LogP contribution in [0.2, 0.25) is 0 Å². The summed E-state index contributed by atoms with van der Waals surface area (Å²) in [5.74, 6) is -3.03. The van der Waals surface area contributed by atoms with Gasteiger partial charge in [0.15, 0.2) is 23.0 Å². The van der Waals surface area contributed by atoms with E-state index in [-0.39, 0.29) is 37.4 Å². The molecule has 2 aliphatic carbocycles. The fourth-order valence-electron chi connectivity index (χ4n) is 5.29. The lowest BCUT2D eigenvalue weighted by Crippen LogP contribution is -2.58. The number of methoxy groups -OCH3 is 1. The van der Waals surface area contributed by atoms with Crippen LogP contribution < -0.4 is 14.8 Å². The van der Waals surface area contributed by atoms with Crippen molar-refractivity contribution >= 4 is 22.7 Å². The summed E-state index contributed by atoms with van der Waals surface area (Å²) in [4.78, 5) is 26.7. The van der Waals surface area contributed by atoms with Crippen LogP contribution in [-0.4, -0.2) is 47.6 Å². The molecule has 0 radical (unpaired) electrons. The van der Waals surface area contributed by atoms with Gasteiger partial charge in [0.05, 0.1) is 29.7 Å². The first-order chi connectivity index (χ1) is 19.8. The highest BCUT2D eigenvalue weighted by atomic mass is 19.3. The van der Waals surface area contributed by atoms with Crippen molar-refractivity contribution in [1.29, 1.82) is 5.26 Å². The van der Waals surface area contributed by atoms with Gasteiger partial charge in [0.25, 0.3) is 5.91 Å². The highest BCUT2D eigenvalue weighted by Crippen LogP contribution is 2.50. The minimum absolute atomic E-state index is 0.0407. The summed E-state index contributed by atoms with van der Waals surface area (Å²) in [5.41, 5.74) is -1.23. The van der Waals surface area contributed by atoms with Crippen LogP contribution in [0.1, 0.15) is 69.3 Å². The number of Topliss-reactive ketones (excluding diaryl/α,β-unsaturated/α-hetero) is 1. The number of halogens is 2. The summed E-state index contributed by atoms with van der Waals surface area (Å²) in [5, 5.41) is 22.8. The Morgan fingerprint density at radius 1 is 1.02 bits per heavy atom. The number of amides is 1. The lowest BCUT2D eigenvalue weighted by Gasteiger charge is -2.39. The van der Waals surface area contributed by atoms with E-state index in [0.717, 1.165) is 11.1 Å². The fraction of sp³-hybridized carbons (Fsp3) is 0.469. The second-order valence-corrected chi connectivity index (χ2v) is 12.2. The number of nitriles is 1. The maximum atomic E-state index is 14.0. The normalized spacial score (nSPS) is 18.6. The first kappa shape index (κ1) is 29.5. The van der Waals surface area contributed by atoms with E-state index in [1.807, 2.05) is 12.1 Å². The molecule has 5 rings (SSSR count). The van der Waals surface area contributed by atoms with Crippen LogP contribution in [0.4, 0.5) is 8.78 Å². The van der Waals surface area contributed by atoms with Crippen LogP contribution in [0.5, 0.6) is 11.5 Å². The Morgan fingerprint density at radius 3 is 2.31 bits per heavy atom. The molecule has 42 heavy (non-hydrogen) atoms. The number of hydrogen-bond donors (Lipinski definition) is 2. The third-order valence-corrected chi connectivity index (χ3v) is 8.13. The lowest BCUT2D eigenvalue weighted by atomic mass is 9.74. The number of nitrogens with one attached hydrogen (secondary N) is 1. The monoisotopic (exact) mass is 580 g/mol. The minimum Gasteiger partial charge on any atom is -0.493 e. The second kappa shape index (κ2) is 10.7. The molecule has 2 fully saturated rings. The van der Waals surface area contributed by atoms with Crippen molar-refractivity contribution in [3.8, 4) is 28.7 Å². The quantitative estimate of drug-likeness (QED) is 0.293. The zero-order valence-electron chi connectivity index (χ0n) is 23.9. The number of aliphatic hydroxyl groups is 1. The Labute approximate surface area is 242 Å². The molecule has 2 aliphatic rings. The Kier molecular flexibility index (Phi) is 7.52. The Morgan fingerprint density at radius 2 is 1.69 bits per heavy atom. The van der Waals surface area contributed by atoms with Gasteiger partial charge >= 0.3 is 0 Å². The number of ketones is 1. The first-order valence-electron chi connectivity index (χ1n) is 14.0. The largest absolute Gasteiger partial charge is 0.493 e. The molecule has 0 unspecified atom stereocenters. The van der Waals surface area contributed by atoms with Crippen molar-refractivity contribution in [1.82, 2.24) is 5.32 Å². The summed E-state index contributed by atoms with van der Waals surface area (Å²) in [7, 11) is 1.52. The number of carbonyl (C=O) groups is 2. The molecule has 1 amide bonds. The number of furan rings is 1. The smallest absolute Gasteiger partial charge is 0.287 e. The summed E-state index contributed by atoms with van der Waals surface area (Å²) in [6.45, 7) is 3.37. The number of carbonyl (C=O) groups excluding carboxylic acids is 2. The zero-order chi connectivity index (χ0) is 30.3. The van der Waals surface area contributed by atoms with Crippen molar-refractivity contribution in [3.63, 3.8) is 0 Å². The number of rotatable bonds is 10. The fourth-order valence-corrected chi connectivity index (χ4v) is 5.29. The third-order valence-electron chi connectivity index (χ3n) is 8.13. The molecular formula is C32H34F2N2O6. The van der Waals surface area contributed by atoms with Crippen LogP contribution in [-0.2, 0) is 4.79 Å². The summed E-state index contributed by atoms with van der Waals surface area (Å²) in [6.07, 6.45) is -0.334. The Bertz CT molecular complexity index is 1550. The molecular weight excluding hydrogens is 546 g/mol. The van der Waals surface area contributed by atoms with Gasteiger partial charge in [-0.25, -0.2) is 8.78 Å². The van der Waals surface area contributed by atoms with Gasteiger partial charge in [-0.15, -0.1) is 0 Å². The van der Waals surface area contributed by atoms with E-state index >= 15 is 0 Å². The summed E-state index contributed by atoms with van der Waals surface area (Å²) in [6, 6.07) is 14.5. The number of alkyl halides is 2. The standard InChI is InChI=1S/C32H34F2N2O6/c1-29(2,39)19-41-23-7-6-21(15-25(23)40-3)20-4-5-22-16-26(42-24(22)14-20)28(38)36-31(10-12-32(33,34)13-11-31)27(37)17-30(18-35)8-9-30/h4-7,14-16,39H,8-13,17,19H2,1-3H3,(H,36,38). The van der Waals surface area contributed by atoms with Gasteiger partial charge in [-0.3, -0.25) is 9.59 Å². The van der Waals surface area contributed by atoms with Gasteiger partial charge in [0.1, 0.15) is 12.2 Å². The number of fused-ring (bicyclic) bond motifs is 1. The molecule has 2 saturated carbocycles. The van der Waals surface area contributed by atoms with E-state index in [1.54, 1.807) is 44.2 Å². The number of benzene rings is 2. The van der Waals surface area contributed by atoms with Crippen molar-refractivity contribution < 1.29 is 37.4 Å². The zero-order valence-corrected chi connectivity index (χ0v) is 23.9. The molecule has 3 aromatic rings. The van der Waals surface area contributed by atoms with Gasteiger partial charge < -0.3 is 24.3 Å². The van der Waals surface area contributed by atoms with E-state index in [9.17, 15) is 28.7 Å². The van der Waals surface area contributed by atoms with Gasteiger partial charge in [-0.1, -0.05) is 18.2 Å². The lowest BCUT2D eigenvalue weighted by molar-refractivity contribution is -0.131. The third kappa shape index (κ3) is 6.26. The Hall–Kier alpha value is -3.97. The van der Waals surface area contributed by atoms with Gasteiger partial charge in [-0.05, 0) is 74.9 Å². The molecule has 0 saturated heterocycles. The van der Waals surface area contributed by atoms with E-state index < -0.39 is 41.2 Å². The molecule has 222 valence electrons.